The molecule has 8 nitrogen and oxygen atoms in total. The minimum atomic E-state index is -1.16. The second-order valence-electron chi connectivity index (χ2n) is 7.42. The maximum absolute atomic E-state index is 13.3. The number of carboxylic acid groups (broad SMARTS) is 1. The van der Waals surface area contributed by atoms with Crippen LogP contribution in [0.4, 0.5) is 14.9 Å². The van der Waals surface area contributed by atoms with E-state index in [0.717, 1.165) is 4.90 Å². The zero-order chi connectivity index (χ0) is 25.1. The van der Waals surface area contributed by atoms with Gasteiger partial charge < -0.3 is 9.84 Å². The van der Waals surface area contributed by atoms with E-state index in [1.807, 2.05) is 0 Å². The number of imide groups is 2. The number of hydrogen-bond donors (Lipinski definition) is 2. The number of benzene rings is 3. The van der Waals surface area contributed by atoms with E-state index in [4.69, 9.17) is 9.84 Å². The van der Waals surface area contributed by atoms with Crippen LogP contribution in [0.5, 0.6) is 5.75 Å². The number of amides is 4. The highest BCUT2D eigenvalue weighted by Crippen LogP contribution is 2.29. The lowest BCUT2D eigenvalue weighted by Gasteiger charge is -2.26. The van der Waals surface area contributed by atoms with Gasteiger partial charge in [0.15, 0.2) is 0 Å². The molecule has 0 spiro atoms. The van der Waals surface area contributed by atoms with E-state index >= 15 is 0 Å². The Kier molecular flexibility index (Phi) is 6.74. The van der Waals surface area contributed by atoms with Crippen LogP contribution in [0, 0.1) is 5.82 Å². The largest absolute Gasteiger partial charge is 0.488 e. The van der Waals surface area contributed by atoms with Gasteiger partial charge in [-0.3, -0.25) is 14.9 Å². The van der Waals surface area contributed by atoms with Crippen molar-refractivity contribution < 1.29 is 33.4 Å². The van der Waals surface area contributed by atoms with Gasteiger partial charge in [0.2, 0.25) is 0 Å². The van der Waals surface area contributed by atoms with Crippen LogP contribution in [-0.2, 0) is 16.2 Å². The van der Waals surface area contributed by atoms with Gasteiger partial charge in [-0.1, -0.05) is 18.2 Å². The highest BCUT2D eigenvalue weighted by atomic mass is 79.9. The van der Waals surface area contributed by atoms with Crippen molar-refractivity contribution in [1.82, 2.24) is 5.32 Å². The standard InChI is InChI=1S/C25H16BrFN2O6/c26-20-12-14(4-9-21(20)35-13-15-2-1-3-17(27)10-15)11-19-22(30)28-25(34)29(23(19)31)18-7-5-16(6-8-18)24(32)33/h1-12H,13H2,(H,32,33)(H,28,30,34)/b19-11+. The molecule has 3 aromatic carbocycles. The Balaban J connectivity index is 1.56. The van der Waals surface area contributed by atoms with Gasteiger partial charge in [0.25, 0.3) is 11.8 Å². The summed E-state index contributed by atoms with van der Waals surface area (Å²) in [7, 11) is 0. The molecule has 0 radical (unpaired) electrons. The highest BCUT2D eigenvalue weighted by molar-refractivity contribution is 9.10. The molecule has 3 aromatic rings. The highest BCUT2D eigenvalue weighted by Gasteiger charge is 2.36. The molecular formula is C25H16BrFN2O6. The van der Waals surface area contributed by atoms with Gasteiger partial charge in [-0.05, 0) is 81.7 Å². The Morgan fingerprint density at radius 3 is 2.46 bits per heavy atom. The maximum Gasteiger partial charge on any atom is 0.335 e. The zero-order valence-electron chi connectivity index (χ0n) is 17.8. The Morgan fingerprint density at radius 1 is 1.06 bits per heavy atom. The number of urea groups is 1. The van der Waals surface area contributed by atoms with Crippen LogP contribution >= 0.6 is 15.9 Å². The fraction of sp³-hybridized carbons (Fsp3) is 0.0400. The summed E-state index contributed by atoms with van der Waals surface area (Å²) in [6, 6.07) is 15.0. The monoisotopic (exact) mass is 538 g/mol. The molecule has 1 saturated heterocycles. The predicted octanol–water partition coefficient (Wildman–Crippen LogP) is 4.53. The summed E-state index contributed by atoms with van der Waals surface area (Å²) in [4.78, 5) is 49.5. The lowest BCUT2D eigenvalue weighted by atomic mass is 10.1. The average Bonchev–Trinajstić information content (AvgIpc) is 2.81. The third-order valence-corrected chi connectivity index (χ3v) is 5.64. The van der Waals surface area contributed by atoms with Crippen molar-refractivity contribution in [2.75, 3.05) is 4.90 Å². The lowest BCUT2D eigenvalue weighted by Crippen LogP contribution is -2.54. The Hall–Kier alpha value is -4.31. The molecule has 0 aliphatic carbocycles. The molecule has 35 heavy (non-hydrogen) atoms. The first-order valence-corrected chi connectivity index (χ1v) is 10.9. The van der Waals surface area contributed by atoms with Gasteiger partial charge in [0.1, 0.15) is 23.7 Å². The summed E-state index contributed by atoms with van der Waals surface area (Å²) in [6.45, 7) is 0.134. The second kappa shape index (κ2) is 9.90. The summed E-state index contributed by atoms with van der Waals surface area (Å²) in [5, 5.41) is 11.1. The smallest absolute Gasteiger partial charge is 0.335 e. The van der Waals surface area contributed by atoms with Crippen LogP contribution in [0.25, 0.3) is 6.08 Å². The van der Waals surface area contributed by atoms with Crippen molar-refractivity contribution in [1.29, 1.82) is 0 Å². The molecule has 1 fully saturated rings. The molecule has 176 valence electrons. The fourth-order valence-corrected chi connectivity index (χ4v) is 3.83. The Bertz CT molecular complexity index is 1390. The van der Waals surface area contributed by atoms with Crippen molar-refractivity contribution in [2.45, 2.75) is 6.61 Å². The van der Waals surface area contributed by atoms with Crippen molar-refractivity contribution in [3.63, 3.8) is 0 Å². The second-order valence-corrected chi connectivity index (χ2v) is 8.27. The number of nitrogens with zero attached hydrogens (tertiary/aromatic N) is 1. The molecule has 0 saturated carbocycles. The number of hydrogen-bond acceptors (Lipinski definition) is 5. The topological polar surface area (TPSA) is 113 Å². The molecule has 10 heteroatoms. The zero-order valence-corrected chi connectivity index (χ0v) is 19.4. The molecular weight excluding hydrogens is 523 g/mol. The Morgan fingerprint density at radius 2 is 1.80 bits per heavy atom. The molecule has 0 atom stereocenters. The van der Waals surface area contributed by atoms with Crippen molar-refractivity contribution in [3.8, 4) is 5.75 Å². The van der Waals surface area contributed by atoms with E-state index in [-0.39, 0.29) is 29.2 Å². The van der Waals surface area contributed by atoms with E-state index < -0.39 is 23.8 Å². The van der Waals surface area contributed by atoms with Gasteiger partial charge in [-0.2, -0.15) is 0 Å². The van der Waals surface area contributed by atoms with Crippen LogP contribution in [0.1, 0.15) is 21.5 Å². The first kappa shape index (κ1) is 23.8. The van der Waals surface area contributed by atoms with E-state index in [0.29, 0.717) is 21.3 Å². The molecule has 0 unspecified atom stereocenters. The van der Waals surface area contributed by atoms with Crippen LogP contribution in [0.15, 0.2) is 76.8 Å². The number of carboxylic acids is 1. The maximum atomic E-state index is 13.3. The van der Waals surface area contributed by atoms with Gasteiger partial charge in [0.05, 0.1) is 15.7 Å². The van der Waals surface area contributed by atoms with Crippen LogP contribution in [0.3, 0.4) is 0 Å². The van der Waals surface area contributed by atoms with E-state index in [1.54, 1.807) is 30.3 Å². The van der Waals surface area contributed by atoms with Crippen molar-refractivity contribution in [3.05, 3.63) is 99.3 Å². The summed E-state index contributed by atoms with van der Waals surface area (Å²) in [5.74, 6) is -2.78. The average molecular weight is 539 g/mol. The van der Waals surface area contributed by atoms with Crippen LogP contribution < -0.4 is 15.0 Å². The number of rotatable bonds is 6. The first-order chi connectivity index (χ1) is 16.7. The molecule has 1 heterocycles. The van der Waals surface area contributed by atoms with Crippen LogP contribution in [0.2, 0.25) is 0 Å². The number of halogens is 2. The molecule has 0 aromatic heterocycles. The van der Waals surface area contributed by atoms with Gasteiger partial charge in [0, 0.05) is 0 Å². The van der Waals surface area contributed by atoms with Crippen molar-refractivity contribution >= 4 is 51.5 Å². The predicted molar refractivity (Wildman–Crippen MR) is 127 cm³/mol. The number of barbiturate groups is 1. The summed E-state index contributed by atoms with van der Waals surface area (Å²) in [5.41, 5.74) is 0.929. The molecule has 2 N–H and O–H groups in total. The third-order valence-electron chi connectivity index (χ3n) is 5.02. The lowest BCUT2D eigenvalue weighted by molar-refractivity contribution is -0.122. The SMILES string of the molecule is O=C1NC(=O)N(c2ccc(C(=O)O)cc2)C(=O)/C1=C/c1ccc(OCc2cccc(F)c2)c(Br)c1. The van der Waals surface area contributed by atoms with E-state index in [2.05, 4.69) is 21.2 Å². The minimum Gasteiger partial charge on any atom is -0.488 e. The number of anilines is 1. The fourth-order valence-electron chi connectivity index (χ4n) is 3.32. The number of nitrogens with one attached hydrogen (secondary N) is 1. The third kappa shape index (κ3) is 5.28. The van der Waals surface area contributed by atoms with Gasteiger partial charge in [-0.15, -0.1) is 0 Å². The summed E-state index contributed by atoms with van der Waals surface area (Å²) >= 11 is 3.38. The number of ether oxygens (including phenoxy) is 1. The van der Waals surface area contributed by atoms with Crippen molar-refractivity contribution in [2.24, 2.45) is 0 Å². The van der Waals surface area contributed by atoms with E-state index in [9.17, 15) is 23.6 Å². The molecule has 4 amide bonds. The Labute approximate surface area is 206 Å². The molecule has 4 rings (SSSR count). The number of carbonyl (C=O) groups is 4. The van der Waals surface area contributed by atoms with Gasteiger partial charge >= 0.3 is 12.0 Å². The molecule has 1 aliphatic heterocycles. The number of carbonyl (C=O) groups excluding carboxylic acids is 3. The van der Waals surface area contributed by atoms with Crippen LogP contribution in [-0.4, -0.2) is 28.9 Å². The summed E-state index contributed by atoms with van der Waals surface area (Å²) < 4.78 is 19.6. The van der Waals surface area contributed by atoms with E-state index in [1.165, 1.54) is 42.5 Å². The minimum absolute atomic E-state index is 0.0185. The first-order valence-electron chi connectivity index (χ1n) is 10.1. The number of aromatic carboxylic acids is 1. The summed E-state index contributed by atoms with van der Waals surface area (Å²) in [6.07, 6.45) is 1.32. The quantitative estimate of drug-likeness (QED) is 0.352. The molecule has 0 bridgehead atoms. The normalized spacial score (nSPS) is 14.7. The van der Waals surface area contributed by atoms with Gasteiger partial charge in [-0.25, -0.2) is 18.9 Å². The molecule has 1 aliphatic rings.